The highest BCUT2D eigenvalue weighted by atomic mass is 16.5. The highest BCUT2D eigenvalue weighted by molar-refractivity contribution is 5.79. The van der Waals surface area contributed by atoms with Crippen molar-refractivity contribution in [2.24, 2.45) is 0 Å². The lowest BCUT2D eigenvalue weighted by Gasteiger charge is -2.34. The minimum atomic E-state index is -0.0945. The molecule has 4 aromatic rings. The van der Waals surface area contributed by atoms with Gasteiger partial charge >= 0.3 is 0 Å². The Kier molecular flexibility index (Phi) is 4.17. The third-order valence-corrected chi connectivity index (χ3v) is 5.35. The minimum Gasteiger partial charge on any atom is -0.497 e. The lowest BCUT2D eigenvalue weighted by molar-refractivity contribution is 0.286. The molecule has 0 spiro atoms. The highest BCUT2D eigenvalue weighted by Crippen LogP contribution is 2.21. The van der Waals surface area contributed by atoms with Gasteiger partial charge in [0.1, 0.15) is 5.75 Å². The smallest absolute Gasteiger partial charge is 0.280 e. The molecule has 4 heterocycles. The van der Waals surface area contributed by atoms with Crippen LogP contribution < -0.4 is 15.3 Å². The first-order valence-electron chi connectivity index (χ1n) is 9.49. The summed E-state index contributed by atoms with van der Waals surface area (Å²) in [5, 5.41) is 7.18. The van der Waals surface area contributed by atoms with Gasteiger partial charge < -0.3 is 14.6 Å². The van der Waals surface area contributed by atoms with E-state index in [9.17, 15) is 4.79 Å². The Bertz CT molecular complexity index is 1240. The van der Waals surface area contributed by atoms with E-state index in [1.165, 1.54) is 0 Å². The average Bonchev–Trinajstić information content (AvgIpc) is 3.20. The molecule has 9 heteroatoms. The van der Waals surface area contributed by atoms with Gasteiger partial charge in [-0.05, 0) is 37.4 Å². The molecule has 0 atom stereocenters. The van der Waals surface area contributed by atoms with Crippen LogP contribution >= 0.6 is 0 Å². The van der Waals surface area contributed by atoms with Crippen molar-refractivity contribution in [3.63, 3.8) is 0 Å². The van der Waals surface area contributed by atoms with Crippen LogP contribution in [0.1, 0.15) is 0 Å². The van der Waals surface area contributed by atoms with E-state index in [1.807, 2.05) is 36.5 Å². The molecule has 1 aliphatic heterocycles. The summed E-state index contributed by atoms with van der Waals surface area (Å²) in [6.45, 7) is 3.47. The van der Waals surface area contributed by atoms with Crippen molar-refractivity contribution >= 4 is 16.7 Å². The van der Waals surface area contributed by atoms with Gasteiger partial charge in [0.25, 0.3) is 11.3 Å². The second kappa shape index (κ2) is 6.85. The molecule has 9 nitrogen and oxygen atoms in total. The molecule has 148 valence electrons. The normalized spacial score (nSPS) is 15.3. The fourth-order valence-corrected chi connectivity index (χ4v) is 3.61. The summed E-state index contributed by atoms with van der Waals surface area (Å²) >= 11 is 0. The number of pyridine rings is 1. The molecule has 5 rings (SSSR count). The maximum atomic E-state index is 13.1. The van der Waals surface area contributed by atoms with Crippen LogP contribution in [0.2, 0.25) is 0 Å². The van der Waals surface area contributed by atoms with E-state index in [2.05, 4.69) is 32.0 Å². The summed E-state index contributed by atoms with van der Waals surface area (Å²) in [5.41, 5.74) is 1.45. The van der Waals surface area contributed by atoms with E-state index >= 15 is 0 Å². The molecule has 0 radical (unpaired) electrons. The van der Waals surface area contributed by atoms with Gasteiger partial charge in [-0.1, -0.05) is 0 Å². The Hall–Kier alpha value is -3.46. The largest absolute Gasteiger partial charge is 0.497 e. The van der Waals surface area contributed by atoms with Crippen molar-refractivity contribution in [2.75, 3.05) is 45.3 Å². The van der Waals surface area contributed by atoms with Gasteiger partial charge in [0.05, 0.1) is 18.0 Å². The molecule has 1 aromatic carbocycles. The maximum absolute atomic E-state index is 13.1. The average molecular weight is 391 g/mol. The fraction of sp³-hybridized carbons (Fsp3) is 0.300. The van der Waals surface area contributed by atoms with Gasteiger partial charge in [-0.3, -0.25) is 4.79 Å². The van der Waals surface area contributed by atoms with Crippen LogP contribution in [0.4, 0.5) is 0 Å². The number of benzene rings is 1. The topological polar surface area (TPSA) is 80.8 Å². The first kappa shape index (κ1) is 17.6. The van der Waals surface area contributed by atoms with Crippen LogP contribution in [-0.4, -0.2) is 69.5 Å². The van der Waals surface area contributed by atoms with Gasteiger partial charge in [-0.2, -0.15) is 9.50 Å². The number of hydrogen-bond acceptors (Lipinski definition) is 7. The summed E-state index contributed by atoms with van der Waals surface area (Å²) in [6.07, 6.45) is 3.40. The molecule has 0 unspecified atom stereocenters. The zero-order valence-electron chi connectivity index (χ0n) is 16.3. The zero-order chi connectivity index (χ0) is 20.0. The van der Waals surface area contributed by atoms with E-state index < -0.39 is 0 Å². The molecule has 0 bridgehead atoms. The van der Waals surface area contributed by atoms with Gasteiger partial charge in [0, 0.05) is 44.1 Å². The van der Waals surface area contributed by atoms with Gasteiger partial charge in [-0.25, -0.2) is 9.66 Å². The Labute approximate surface area is 166 Å². The number of rotatable bonds is 3. The molecule has 0 saturated carbocycles. The molecule has 1 fully saturated rings. The third-order valence-electron chi connectivity index (χ3n) is 5.35. The molecule has 0 amide bonds. The molecule has 29 heavy (non-hydrogen) atoms. The van der Waals surface area contributed by atoms with Crippen LogP contribution in [0, 0.1) is 0 Å². The Morgan fingerprint density at radius 3 is 2.52 bits per heavy atom. The fourth-order valence-electron chi connectivity index (χ4n) is 3.61. The number of aromatic nitrogens is 5. The lowest BCUT2D eigenvalue weighted by Crippen LogP contribution is -2.52. The van der Waals surface area contributed by atoms with E-state index in [1.54, 1.807) is 22.5 Å². The highest BCUT2D eigenvalue weighted by Gasteiger charge is 2.18. The number of likely N-dealkylation sites (N-methyl/N-ethyl adjacent to an activating group) is 1. The summed E-state index contributed by atoms with van der Waals surface area (Å²) in [6, 6.07) is 9.42. The molecule has 0 N–H and O–H groups in total. The van der Waals surface area contributed by atoms with Gasteiger partial charge in [0.2, 0.25) is 0 Å². The Morgan fingerprint density at radius 1 is 1.03 bits per heavy atom. The van der Waals surface area contributed by atoms with E-state index in [-0.39, 0.29) is 5.56 Å². The number of piperazine rings is 1. The second-order valence-electron chi connectivity index (χ2n) is 7.16. The summed E-state index contributed by atoms with van der Waals surface area (Å²) in [5.74, 6) is 1.78. The number of nitrogens with zero attached hydrogens (tertiary/aromatic N) is 7. The van der Waals surface area contributed by atoms with Crippen molar-refractivity contribution < 1.29 is 4.74 Å². The standard InChI is InChI=1S/C20H21N7O2/c1-24-9-11-25(12-10-24)26-8-7-17-16(19(26)28)13-21-20-22-18(23-27(17)20)14-3-5-15(29-2)6-4-14/h3-8,13H,9-12H2,1-2H3. The predicted molar refractivity (Wildman–Crippen MR) is 110 cm³/mol. The number of fused-ring (bicyclic) bond motifs is 3. The van der Waals surface area contributed by atoms with Crippen molar-refractivity contribution in [3.8, 4) is 17.1 Å². The van der Waals surface area contributed by atoms with Crippen molar-refractivity contribution in [1.29, 1.82) is 0 Å². The molecule has 3 aromatic heterocycles. The Morgan fingerprint density at radius 2 is 1.79 bits per heavy atom. The van der Waals surface area contributed by atoms with Crippen LogP contribution in [-0.2, 0) is 0 Å². The summed E-state index contributed by atoms with van der Waals surface area (Å²) in [7, 11) is 3.72. The monoisotopic (exact) mass is 391 g/mol. The first-order chi connectivity index (χ1) is 14.1. The molecule has 1 saturated heterocycles. The third kappa shape index (κ3) is 2.99. The SMILES string of the molecule is COc1ccc(-c2nc3ncc4c(=O)n(N5CCN(C)CC5)ccc4n3n2)cc1. The number of ether oxygens (including phenoxy) is 1. The summed E-state index contributed by atoms with van der Waals surface area (Å²) in [4.78, 5) is 24.2. The van der Waals surface area contributed by atoms with Gasteiger partial charge in [-0.15, -0.1) is 5.10 Å². The number of methoxy groups -OCH3 is 1. The predicted octanol–water partition coefficient (Wildman–Crippen LogP) is 0.998. The van der Waals surface area contributed by atoms with Crippen molar-refractivity contribution in [2.45, 2.75) is 0 Å². The van der Waals surface area contributed by atoms with Gasteiger partial charge in [0.15, 0.2) is 5.82 Å². The zero-order valence-corrected chi connectivity index (χ0v) is 16.3. The van der Waals surface area contributed by atoms with Crippen LogP contribution in [0.25, 0.3) is 28.1 Å². The number of hydrogen-bond donors (Lipinski definition) is 0. The van der Waals surface area contributed by atoms with Crippen molar-refractivity contribution in [3.05, 3.63) is 53.1 Å². The molecular formula is C20H21N7O2. The van der Waals surface area contributed by atoms with E-state index in [0.29, 0.717) is 22.5 Å². The lowest BCUT2D eigenvalue weighted by atomic mass is 10.2. The summed E-state index contributed by atoms with van der Waals surface area (Å²) < 4.78 is 8.51. The molecular weight excluding hydrogens is 370 g/mol. The van der Waals surface area contributed by atoms with E-state index in [0.717, 1.165) is 37.5 Å². The molecule has 1 aliphatic rings. The quantitative estimate of drug-likeness (QED) is 0.515. The Balaban J connectivity index is 1.58. The molecule has 0 aliphatic carbocycles. The van der Waals surface area contributed by atoms with E-state index in [4.69, 9.17) is 4.74 Å². The van der Waals surface area contributed by atoms with Crippen LogP contribution in [0.5, 0.6) is 5.75 Å². The minimum absolute atomic E-state index is 0.0945. The maximum Gasteiger partial charge on any atom is 0.280 e. The van der Waals surface area contributed by atoms with Crippen molar-refractivity contribution in [1.82, 2.24) is 29.2 Å². The first-order valence-corrected chi connectivity index (χ1v) is 9.49. The van der Waals surface area contributed by atoms with Crippen LogP contribution in [0.3, 0.4) is 0 Å². The van der Waals surface area contributed by atoms with Crippen LogP contribution in [0.15, 0.2) is 47.5 Å². The second-order valence-corrected chi connectivity index (χ2v) is 7.16.